The lowest BCUT2D eigenvalue weighted by atomic mass is 10.2. The maximum absolute atomic E-state index is 12.1. The number of nitrogens with one attached hydrogen (secondary N) is 1. The summed E-state index contributed by atoms with van der Waals surface area (Å²) in [6, 6.07) is 7.94. The summed E-state index contributed by atoms with van der Waals surface area (Å²) in [5.74, 6) is -0.971. The summed E-state index contributed by atoms with van der Waals surface area (Å²) >= 11 is 0.470. The quantitative estimate of drug-likeness (QED) is 0.637. The predicted octanol–water partition coefficient (Wildman–Crippen LogP) is 3.23. The third-order valence-corrected chi connectivity index (χ3v) is 3.73. The van der Waals surface area contributed by atoms with Crippen LogP contribution in [-0.2, 0) is 5.75 Å². The van der Waals surface area contributed by atoms with Crippen LogP contribution in [0.3, 0.4) is 0 Å². The van der Waals surface area contributed by atoms with E-state index in [4.69, 9.17) is 13.9 Å². The Kier molecular flexibility index (Phi) is 4.99. The van der Waals surface area contributed by atoms with E-state index in [0.29, 0.717) is 40.3 Å². The van der Waals surface area contributed by atoms with E-state index in [-0.39, 0.29) is 12.5 Å². The summed E-state index contributed by atoms with van der Waals surface area (Å²) in [5.41, 5.74) is 2.71. The van der Waals surface area contributed by atoms with Crippen molar-refractivity contribution in [3.63, 3.8) is 0 Å². The first-order chi connectivity index (χ1) is 11.6. The van der Waals surface area contributed by atoms with E-state index in [0.717, 1.165) is 0 Å². The van der Waals surface area contributed by atoms with E-state index in [1.807, 2.05) is 0 Å². The number of hydrogen-bond donors (Lipinski definition) is 1. The number of alkyl halides is 2. The molecule has 24 heavy (non-hydrogen) atoms. The second-order valence-corrected chi connectivity index (χ2v) is 5.62. The van der Waals surface area contributed by atoms with E-state index < -0.39 is 11.7 Å². The van der Waals surface area contributed by atoms with E-state index in [2.05, 4.69) is 10.5 Å². The van der Waals surface area contributed by atoms with E-state index in [1.165, 1.54) is 6.21 Å². The minimum atomic E-state index is -2.45. The number of nitrogens with zero attached hydrogens (tertiary/aromatic N) is 1. The molecule has 0 spiro atoms. The zero-order valence-corrected chi connectivity index (χ0v) is 13.0. The highest BCUT2D eigenvalue weighted by Crippen LogP contribution is 2.32. The molecule has 6 nitrogen and oxygen atoms in total. The van der Waals surface area contributed by atoms with Crippen molar-refractivity contribution in [1.29, 1.82) is 0 Å². The van der Waals surface area contributed by atoms with Crippen LogP contribution in [0.25, 0.3) is 0 Å². The van der Waals surface area contributed by atoms with Gasteiger partial charge in [-0.2, -0.15) is 13.9 Å². The summed E-state index contributed by atoms with van der Waals surface area (Å²) in [5, 5.41) is 3.77. The van der Waals surface area contributed by atoms with Crippen LogP contribution in [0.2, 0.25) is 0 Å². The molecule has 1 aliphatic rings. The molecule has 9 heteroatoms. The number of furan rings is 1. The summed E-state index contributed by atoms with van der Waals surface area (Å²) in [7, 11) is 0. The van der Waals surface area contributed by atoms with Gasteiger partial charge in [0.05, 0.1) is 12.0 Å². The average Bonchev–Trinajstić information content (AvgIpc) is 3.21. The van der Waals surface area contributed by atoms with Gasteiger partial charge in [-0.3, -0.25) is 4.79 Å². The maximum Gasteiger partial charge on any atom is 0.284 e. The van der Waals surface area contributed by atoms with Gasteiger partial charge in [-0.15, -0.1) is 0 Å². The van der Waals surface area contributed by atoms with Crippen molar-refractivity contribution in [3.8, 4) is 11.5 Å². The number of thioether (sulfide) groups is 1. The molecule has 2 aromatic rings. The SMILES string of the molecule is O=C(N/N=C\c1ccc(CSC(F)F)o1)c1ccc2c(c1)OCO2. The second-order valence-electron chi connectivity index (χ2n) is 4.64. The molecule has 0 bridgehead atoms. The fraction of sp³-hybridized carbons (Fsp3) is 0.200. The van der Waals surface area contributed by atoms with Gasteiger partial charge >= 0.3 is 0 Å². The minimum absolute atomic E-state index is 0.0645. The molecule has 1 N–H and O–H groups in total. The molecule has 126 valence electrons. The Hall–Kier alpha value is -2.55. The minimum Gasteiger partial charge on any atom is -0.459 e. The van der Waals surface area contributed by atoms with Crippen LogP contribution >= 0.6 is 11.8 Å². The number of hydrogen-bond acceptors (Lipinski definition) is 6. The van der Waals surface area contributed by atoms with Gasteiger partial charge in [-0.05, 0) is 30.3 Å². The largest absolute Gasteiger partial charge is 0.459 e. The van der Waals surface area contributed by atoms with Crippen LogP contribution in [0, 0.1) is 0 Å². The lowest BCUT2D eigenvalue weighted by molar-refractivity contribution is 0.0954. The van der Waals surface area contributed by atoms with Crippen molar-refractivity contribution in [2.24, 2.45) is 5.10 Å². The predicted molar refractivity (Wildman–Crippen MR) is 83.6 cm³/mol. The zero-order valence-electron chi connectivity index (χ0n) is 12.2. The Labute approximate surface area is 139 Å². The highest BCUT2D eigenvalue weighted by molar-refractivity contribution is 7.98. The molecular weight excluding hydrogens is 342 g/mol. The van der Waals surface area contributed by atoms with E-state index in [1.54, 1.807) is 30.3 Å². The van der Waals surface area contributed by atoms with Crippen LogP contribution in [0.1, 0.15) is 21.9 Å². The molecule has 0 aliphatic carbocycles. The fourth-order valence-corrected chi connectivity index (χ4v) is 2.39. The highest BCUT2D eigenvalue weighted by Gasteiger charge is 2.15. The molecule has 0 atom stereocenters. The van der Waals surface area contributed by atoms with Crippen molar-refractivity contribution in [1.82, 2.24) is 5.43 Å². The van der Waals surface area contributed by atoms with Gasteiger partial charge in [0.25, 0.3) is 11.7 Å². The van der Waals surface area contributed by atoms with Crippen molar-refractivity contribution >= 4 is 23.9 Å². The number of hydrazone groups is 1. The molecular formula is C15H12F2N2O4S. The molecule has 0 saturated heterocycles. The molecule has 1 aliphatic heterocycles. The van der Waals surface area contributed by atoms with Gasteiger partial charge in [0.2, 0.25) is 6.79 Å². The van der Waals surface area contributed by atoms with Crippen molar-refractivity contribution in [3.05, 3.63) is 47.4 Å². The summed E-state index contributed by atoms with van der Waals surface area (Å²) in [6.07, 6.45) is 1.29. The molecule has 1 aromatic carbocycles. The number of halogens is 2. The molecule has 1 amide bonds. The zero-order chi connectivity index (χ0) is 16.9. The van der Waals surface area contributed by atoms with Crippen LogP contribution in [0.5, 0.6) is 11.5 Å². The Morgan fingerprint density at radius 3 is 2.96 bits per heavy atom. The standard InChI is InChI=1S/C15H12F2N2O4S/c16-15(17)24-7-11-3-2-10(23-11)6-18-19-14(20)9-1-4-12-13(5-9)22-8-21-12/h1-6,15H,7-8H2,(H,19,20)/b18-6-. The maximum atomic E-state index is 12.1. The number of benzene rings is 1. The average molecular weight is 354 g/mol. The Balaban J connectivity index is 1.55. The monoisotopic (exact) mass is 354 g/mol. The number of fused-ring (bicyclic) bond motifs is 1. The highest BCUT2D eigenvalue weighted by atomic mass is 32.2. The molecule has 1 aromatic heterocycles. The van der Waals surface area contributed by atoms with Crippen molar-refractivity contribution in [2.75, 3.05) is 6.79 Å². The molecule has 0 radical (unpaired) electrons. The smallest absolute Gasteiger partial charge is 0.284 e. The molecule has 0 saturated carbocycles. The Bertz CT molecular complexity index is 764. The summed E-state index contributed by atoms with van der Waals surface area (Å²) < 4.78 is 39.8. The number of carbonyl (C=O) groups excluding carboxylic acids is 1. The van der Waals surface area contributed by atoms with Gasteiger partial charge in [0, 0.05) is 5.56 Å². The van der Waals surface area contributed by atoms with Crippen LogP contribution < -0.4 is 14.9 Å². The van der Waals surface area contributed by atoms with Crippen LogP contribution in [0.15, 0.2) is 39.9 Å². The van der Waals surface area contributed by atoms with Gasteiger partial charge < -0.3 is 13.9 Å². The first-order valence-corrected chi connectivity index (χ1v) is 7.88. The molecule has 0 fully saturated rings. The first kappa shape index (κ1) is 16.3. The number of carbonyl (C=O) groups is 1. The van der Waals surface area contributed by atoms with Gasteiger partial charge in [0.1, 0.15) is 11.5 Å². The normalized spacial score (nSPS) is 13.0. The Morgan fingerprint density at radius 2 is 2.12 bits per heavy atom. The van der Waals surface area contributed by atoms with Crippen molar-refractivity contribution < 1.29 is 27.5 Å². The third kappa shape index (κ3) is 4.05. The van der Waals surface area contributed by atoms with Crippen LogP contribution in [-0.4, -0.2) is 24.7 Å². The Morgan fingerprint density at radius 1 is 1.29 bits per heavy atom. The topological polar surface area (TPSA) is 73.1 Å². The lowest BCUT2D eigenvalue weighted by Gasteiger charge is -2.01. The van der Waals surface area contributed by atoms with E-state index >= 15 is 0 Å². The van der Waals surface area contributed by atoms with E-state index in [9.17, 15) is 13.6 Å². The summed E-state index contributed by atoms with van der Waals surface area (Å²) in [6.45, 7) is 0.128. The third-order valence-electron chi connectivity index (χ3n) is 3.03. The molecule has 3 rings (SSSR count). The number of ether oxygens (including phenoxy) is 2. The van der Waals surface area contributed by atoms with Gasteiger partial charge in [-0.25, -0.2) is 5.43 Å². The van der Waals surface area contributed by atoms with Gasteiger partial charge in [0.15, 0.2) is 11.5 Å². The van der Waals surface area contributed by atoms with Crippen LogP contribution in [0.4, 0.5) is 8.78 Å². The number of amides is 1. The summed E-state index contributed by atoms with van der Waals surface area (Å²) in [4.78, 5) is 12.0. The fourth-order valence-electron chi connectivity index (χ4n) is 1.94. The first-order valence-electron chi connectivity index (χ1n) is 6.83. The molecule has 0 unspecified atom stereocenters. The second kappa shape index (κ2) is 7.35. The lowest BCUT2D eigenvalue weighted by Crippen LogP contribution is -2.17. The number of rotatable bonds is 6. The van der Waals surface area contributed by atoms with Crippen molar-refractivity contribution in [2.45, 2.75) is 11.5 Å². The molecule has 2 heterocycles. The van der Waals surface area contributed by atoms with Gasteiger partial charge in [-0.1, -0.05) is 11.8 Å².